The highest BCUT2D eigenvalue weighted by molar-refractivity contribution is 5.87. The molecular weight excluding hydrogens is 378 g/mol. The van der Waals surface area contributed by atoms with Crippen molar-refractivity contribution in [3.8, 4) is 11.5 Å². The number of ether oxygens (including phenoxy) is 1. The molecule has 1 atom stereocenters. The Morgan fingerprint density at radius 3 is 2.79 bits per heavy atom. The van der Waals surface area contributed by atoms with E-state index >= 15 is 0 Å². The van der Waals surface area contributed by atoms with Crippen molar-refractivity contribution in [1.29, 1.82) is 0 Å². The zero-order chi connectivity index (χ0) is 20.8. The largest absolute Gasteiger partial charge is 0.500 e. The summed E-state index contributed by atoms with van der Waals surface area (Å²) in [5, 5.41) is 32.3. The molecule has 14 heteroatoms. The molecule has 0 aliphatic rings. The molecule has 2 rings (SSSR count). The van der Waals surface area contributed by atoms with Crippen LogP contribution < -0.4 is 26.7 Å². The molecule has 0 fully saturated rings. The third kappa shape index (κ3) is 4.69. The molecule has 2 aromatic rings. The zero-order valence-electron chi connectivity index (χ0n) is 14.5. The summed E-state index contributed by atoms with van der Waals surface area (Å²) in [5.41, 5.74) is 0.150. The predicted octanol–water partition coefficient (Wildman–Crippen LogP) is -0.969. The normalized spacial score (nSPS) is 11.8. The number of aromatic amines is 2. The first-order valence-electron chi connectivity index (χ1n) is 7.56. The van der Waals surface area contributed by atoms with E-state index in [1.54, 1.807) is 0 Å². The second kappa shape index (κ2) is 8.43. The number of hydrazone groups is 1. The van der Waals surface area contributed by atoms with Crippen LogP contribution in [0.2, 0.25) is 0 Å². The number of methoxy groups -OCH3 is 1. The maximum atomic E-state index is 12.0. The van der Waals surface area contributed by atoms with Crippen molar-refractivity contribution < 1.29 is 19.6 Å². The van der Waals surface area contributed by atoms with Gasteiger partial charge in [-0.25, -0.2) is 15.3 Å². The Kier molecular flexibility index (Phi) is 6.05. The predicted molar refractivity (Wildman–Crippen MR) is 95.6 cm³/mol. The standard InChI is InChI=1S/C14H15N7O7/c1-6(16-11-13(24)17-14(25)20-18-11)12(23)19-15-5-7-3-8(21(26)27)10(22)9(4-7)28-2/h3-6,22H,1-2H3,(H,16,18)(H,19,23)(H2,17,20,24,25)/b15-5+/t6-/m1/s1. The summed E-state index contributed by atoms with van der Waals surface area (Å²) in [5.74, 6) is -1.71. The fraction of sp³-hybridized carbons (Fsp3) is 0.214. The number of H-pyrrole nitrogens is 2. The van der Waals surface area contributed by atoms with Gasteiger partial charge in [0.1, 0.15) is 6.04 Å². The summed E-state index contributed by atoms with van der Waals surface area (Å²) in [4.78, 5) is 46.5. The van der Waals surface area contributed by atoms with Gasteiger partial charge in [-0.15, -0.1) is 5.10 Å². The first-order chi connectivity index (χ1) is 13.2. The summed E-state index contributed by atoms with van der Waals surface area (Å²) >= 11 is 0. The number of aromatic nitrogens is 3. The number of anilines is 1. The molecule has 0 spiro atoms. The first kappa shape index (κ1) is 20.1. The zero-order valence-corrected chi connectivity index (χ0v) is 14.5. The molecule has 5 N–H and O–H groups in total. The van der Waals surface area contributed by atoms with Crippen LogP contribution in [0.15, 0.2) is 26.8 Å². The quantitative estimate of drug-likeness (QED) is 0.222. The number of nitro benzene ring substituents is 1. The van der Waals surface area contributed by atoms with Gasteiger partial charge in [-0.05, 0) is 13.0 Å². The van der Waals surface area contributed by atoms with E-state index in [1.807, 2.05) is 10.1 Å². The molecule has 28 heavy (non-hydrogen) atoms. The molecule has 1 amide bonds. The van der Waals surface area contributed by atoms with Crippen molar-refractivity contribution in [2.24, 2.45) is 5.10 Å². The molecule has 0 saturated heterocycles. The fourth-order valence-electron chi connectivity index (χ4n) is 1.97. The van der Waals surface area contributed by atoms with Gasteiger partial charge in [-0.1, -0.05) is 0 Å². The van der Waals surface area contributed by atoms with Crippen LogP contribution >= 0.6 is 0 Å². The minimum absolute atomic E-state index is 0.139. The molecule has 148 valence electrons. The highest BCUT2D eigenvalue weighted by Crippen LogP contribution is 2.36. The number of rotatable bonds is 7. The Bertz CT molecular complexity index is 1040. The third-order valence-corrected chi connectivity index (χ3v) is 3.34. The number of nitrogens with one attached hydrogen (secondary N) is 4. The van der Waals surface area contributed by atoms with Crippen LogP contribution in [0.25, 0.3) is 0 Å². The van der Waals surface area contributed by atoms with Gasteiger partial charge in [0.2, 0.25) is 11.6 Å². The lowest BCUT2D eigenvalue weighted by Crippen LogP contribution is -2.38. The number of amides is 1. The van der Waals surface area contributed by atoms with E-state index < -0.39 is 39.6 Å². The second-order valence-electron chi connectivity index (χ2n) is 5.30. The number of nitrogens with zero attached hydrogens (tertiary/aromatic N) is 3. The number of phenolic OH excluding ortho intramolecular Hbond substituents is 1. The number of aromatic hydroxyl groups is 1. The summed E-state index contributed by atoms with van der Waals surface area (Å²) in [7, 11) is 1.22. The lowest BCUT2D eigenvalue weighted by Gasteiger charge is -2.11. The molecule has 0 aliphatic carbocycles. The summed E-state index contributed by atoms with van der Waals surface area (Å²) in [6.07, 6.45) is 1.10. The summed E-state index contributed by atoms with van der Waals surface area (Å²) in [6, 6.07) is 1.36. The monoisotopic (exact) mass is 393 g/mol. The SMILES string of the molecule is COc1cc(/C=N/NC(=O)[C@@H](C)Nc2n[nH]c(=O)[nH]c2=O)cc([N+](=O)[O-])c1O. The molecule has 1 aromatic carbocycles. The Labute approximate surface area is 155 Å². The number of phenols is 1. The maximum Gasteiger partial charge on any atom is 0.342 e. The highest BCUT2D eigenvalue weighted by atomic mass is 16.6. The van der Waals surface area contributed by atoms with Gasteiger partial charge >= 0.3 is 11.4 Å². The van der Waals surface area contributed by atoms with Gasteiger partial charge in [0, 0.05) is 11.6 Å². The Hall–Kier alpha value is -4.23. The molecule has 1 heterocycles. The van der Waals surface area contributed by atoms with Crippen LogP contribution in [0, 0.1) is 10.1 Å². The van der Waals surface area contributed by atoms with Crippen molar-refractivity contribution in [3.63, 3.8) is 0 Å². The summed E-state index contributed by atoms with van der Waals surface area (Å²) in [6.45, 7) is 1.41. The van der Waals surface area contributed by atoms with E-state index in [1.165, 1.54) is 20.1 Å². The van der Waals surface area contributed by atoms with Gasteiger partial charge < -0.3 is 15.2 Å². The highest BCUT2D eigenvalue weighted by Gasteiger charge is 2.19. The molecule has 0 radical (unpaired) electrons. The maximum absolute atomic E-state index is 12.0. The lowest BCUT2D eigenvalue weighted by molar-refractivity contribution is -0.386. The van der Waals surface area contributed by atoms with E-state index in [4.69, 9.17) is 4.74 Å². The van der Waals surface area contributed by atoms with Gasteiger partial charge in [0.15, 0.2) is 5.75 Å². The molecule has 14 nitrogen and oxygen atoms in total. The van der Waals surface area contributed by atoms with Gasteiger partial charge in [0.25, 0.3) is 11.5 Å². The molecule has 0 bridgehead atoms. The second-order valence-corrected chi connectivity index (χ2v) is 5.30. The Morgan fingerprint density at radius 1 is 1.46 bits per heavy atom. The van der Waals surface area contributed by atoms with Crippen molar-refractivity contribution in [2.45, 2.75) is 13.0 Å². The van der Waals surface area contributed by atoms with Gasteiger partial charge in [-0.3, -0.25) is 24.7 Å². The third-order valence-electron chi connectivity index (χ3n) is 3.34. The van der Waals surface area contributed by atoms with Crippen molar-refractivity contribution in [3.05, 3.63) is 48.6 Å². The van der Waals surface area contributed by atoms with Gasteiger partial charge in [-0.2, -0.15) is 5.10 Å². The van der Waals surface area contributed by atoms with Crippen LogP contribution in [0.1, 0.15) is 12.5 Å². The Morgan fingerprint density at radius 2 is 2.18 bits per heavy atom. The van der Waals surface area contributed by atoms with Crippen molar-refractivity contribution in [1.82, 2.24) is 20.6 Å². The average Bonchev–Trinajstić information content (AvgIpc) is 2.64. The number of hydrogen-bond acceptors (Lipinski definition) is 10. The molecular formula is C14H15N7O7. The number of hydrogen-bond donors (Lipinski definition) is 5. The van der Waals surface area contributed by atoms with Crippen LogP contribution in [0.4, 0.5) is 11.5 Å². The first-order valence-corrected chi connectivity index (χ1v) is 7.56. The minimum Gasteiger partial charge on any atom is -0.500 e. The van der Waals surface area contributed by atoms with Gasteiger partial charge in [0.05, 0.1) is 18.2 Å². The Balaban J connectivity index is 2.08. The molecule has 0 saturated carbocycles. The van der Waals surface area contributed by atoms with E-state index in [0.29, 0.717) is 0 Å². The number of nitro groups is 1. The van der Waals surface area contributed by atoms with E-state index in [-0.39, 0.29) is 17.1 Å². The van der Waals surface area contributed by atoms with Crippen LogP contribution in [0.5, 0.6) is 11.5 Å². The molecule has 0 aliphatic heterocycles. The lowest BCUT2D eigenvalue weighted by atomic mass is 10.2. The molecule has 0 unspecified atom stereocenters. The molecule has 1 aromatic heterocycles. The van der Waals surface area contributed by atoms with Crippen LogP contribution in [-0.4, -0.2) is 50.5 Å². The average molecular weight is 393 g/mol. The summed E-state index contributed by atoms with van der Waals surface area (Å²) < 4.78 is 4.85. The van der Waals surface area contributed by atoms with E-state index in [0.717, 1.165) is 12.3 Å². The van der Waals surface area contributed by atoms with Crippen LogP contribution in [-0.2, 0) is 4.79 Å². The topological polar surface area (TPSA) is 205 Å². The van der Waals surface area contributed by atoms with Crippen LogP contribution in [0.3, 0.4) is 0 Å². The van der Waals surface area contributed by atoms with Crippen molar-refractivity contribution >= 4 is 23.6 Å². The number of benzene rings is 1. The fourth-order valence-corrected chi connectivity index (χ4v) is 1.97. The van der Waals surface area contributed by atoms with E-state index in [9.17, 15) is 29.6 Å². The smallest absolute Gasteiger partial charge is 0.342 e. The van der Waals surface area contributed by atoms with Crippen molar-refractivity contribution in [2.75, 3.05) is 12.4 Å². The number of carbonyl (C=O) groups is 1. The minimum atomic E-state index is -0.958. The number of carbonyl (C=O) groups excluding carboxylic acids is 1. The van der Waals surface area contributed by atoms with E-state index in [2.05, 4.69) is 20.9 Å².